The maximum Gasteiger partial charge on any atom is 0.240 e. The third-order valence-electron chi connectivity index (χ3n) is 3.93. The van der Waals surface area contributed by atoms with Crippen LogP contribution in [0.3, 0.4) is 0 Å². The number of hydrogen-bond donors (Lipinski definition) is 0. The Kier molecular flexibility index (Phi) is 3.92. The van der Waals surface area contributed by atoms with Gasteiger partial charge < -0.3 is 4.90 Å². The molecule has 1 saturated heterocycles. The number of anilines is 1. The maximum atomic E-state index is 12.7. The van der Waals surface area contributed by atoms with Crippen molar-refractivity contribution < 1.29 is 4.79 Å². The summed E-state index contributed by atoms with van der Waals surface area (Å²) in [5.74, 6) is 0.0908. The predicted molar refractivity (Wildman–Crippen MR) is 95.2 cm³/mol. The maximum absolute atomic E-state index is 12.7. The van der Waals surface area contributed by atoms with Crippen LogP contribution in [0.2, 0.25) is 0 Å². The largest absolute Gasteiger partial charge is 0.311 e. The Hall–Kier alpha value is -2.43. The van der Waals surface area contributed by atoms with Gasteiger partial charge in [-0.15, -0.1) is 11.3 Å². The molecule has 0 radical (unpaired) electrons. The summed E-state index contributed by atoms with van der Waals surface area (Å²) in [6.45, 7) is 0.682. The van der Waals surface area contributed by atoms with Gasteiger partial charge in [-0.25, -0.2) is 9.97 Å². The molecular weight excluding hydrogens is 340 g/mol. The lowest BCUT2D eigenvalue weighted by molar-refractivity contribution is -0.116. The number of fused-ring (bicyclic) bond motifs is 1. The number of carbonyl (C=O) groups is 1. The van der Waals surface area contributed by atoms with Crippen molar-refractivity contribution in [3.63, 3.8) is 0 Å². The van der Waals surface area contributed by atoms with Crippen LogP contribution in [0.5, 0.6) is 0 Å². The van der Waals surface area contributed by atoms with Crippen LogP contribution in [0.4, 0.5) is 5.69 Å². The van der Waals surface area contributed by atoms with E-state index >= 15 is 0 Å². The standard InChI is InChI=1S/C17H12N4OS2/c18-9-11-1-3-12(4-2-11)21-7-5-14(17(21)22)24-16-15-13(6-8-23-15)19-10-20-16/h1-4,6,8,10,14H,5,7H2. The van der Waals surface area contributed by atoms with E-state index in [2.05, 4.69) is 16.0 Å². The molecule has 0 aliphatic carbocycles. The average molecular weight is 352 g/mol. The molecule has 0 bridgehead atoms. The highest BCUT2D eigenvalue weighted by Crippen LogP contribution is 2.36. The summed E-state index contributed by atoms with van der Waals surface area (Å²) in [5, 5.41) is 11.6. The summed E-state index contributed by atoms with van der Waals surface area (Å²) in [4.78, 5) is 23.1. The van der Waals surface area contributed by atoms with Crippen LogP contribution < -0.4 is 4.90 Å². The zero-order valence-corrected chi connectivity index (χ0v) is 14.2. The van der Waals surface area contributed by atoms with Crippen molar-refractivity contribution in [2.24, 2.45) is 0 Å². The number of nitriles is 1. The summed E-state index contributed by atoms with van der Waals surface area (Å²) in [6.07, 6.45) is 2.33. The summed E-state index contributed by atoms with van der Waals surface area (Å²) in [6, 6.07) is 11.2. The second-order valence-corrected chi connectivity index (χ2v) is 7.47. The monoisotopic (exact) mass is 352 g/mol. The average Bonchev–Trinajstić information content (AvgIpc) is 3.23. The van der Waals surface area contributed by atoms with Gasteiger partial charge in [0.05, 0.1) is 27.1 Å². The van der Waals surface area contributed by atoms with E-state index in [1.165, 1.54) is 11.8 Å². The minimum Gasteiger partial charge on any atom is -0.311 e. The van der Waals surface area contributed by atoms with E-state index in [0.717, 1.165) is 27.4 Å². The van der Waals surface area contributed by atoms with E-state index in [0.29, 0.717) is 12.1 Å². The quantitative estimate of drug-likeness (QED) is 0.675. The molecule has 0 spiro atoms. The molecule has 7 heteroatoms. The van der Waals surface area contributed by atoms with E-state index in [-0.39, 0.29) is 11.2 Å². The van der Waals surface area contributed by atoms with Gasteiger partial charge in [-0.05, 0) is 42.1 Å². The highest BCUT2D eigenvalue weighted by atomic mass is 32.2. The van der Waals surface area contributed by atoms with Gasteiger partial charge in [-0.1, -0.05) is 11.8 Å². The lowest BCUT2D eigenvalue weighted by Crippen LogP contribution is -2.27. The smallest absolute Gasteiger partial charge is 0.240 e. The Morgan fingerprint density at radius 1 is 1.25 bits per heavy atom. The van der Waals surface area contributed by atoms with E-state index in [4.69, 9.17) is 5.26 Å². The first-order chi connectivity index (χ1) is 11.8. The van der Waals surface area contributed by atoms with Gasteiger partial charge in [-0.3, -0.25) is 4.79 Å². The number of aromatic nitrogens is 2. The predicted octanol–water partition coefficient (Wildman–Crippen LogP) is 3.46. The SMILES string of the molecule is N#Cc1ccc(N2CCC(Sc3ncnc4ccsc34)C2=O)cc1. The molecule has 118 valence electrons. The van der Waals surface area contributed by atoms with Gasteiger partial charge >= 0.3 is 0 Å². The van der Waals surface area contributed by atoms with Gasteiger partial charge in [0.25, 0.3) is 0 Å². The van der Waals surface area contributed by atoms with E-state index in [1.807, 2.05) is 23.6 Å². The zero-order valence-electron chi connectivity index (χ0n) is 12.5. The molecule has 1 amide bonds. The number of thioether (sulfide) groups is 1. The molecule has 1 fully saturated rings. The van der Waals surface area contributed by atoms with Crippen LogP contribution in [0.25, 0.3) is 10.2 Å². The fourth-order valence-corrected chi connectivity index (χ4v) is 4.78. The normalized spacial score (nSPS) is 17.4. The topological polar surface area (TPSA) is 69.9 Å². The van der Waals surface area contributed by atoms with Gasteiger partial charge in [0, 0.05) is 12.2 Å². The molecule has 0 N–H and O–H groups in total. The second kappa shape index (κ2) is 6.23. The van der Waals surface area contributed by atoms with Gasteiger partial charge in [0.1, 0.15) is 11.4 Å². The first kappa shape index (κ1) is 15.1. The number of benzene rings is 1. The van der Waals surface area contributed by atoms with Crippen LogP contribution in [0, 0.1) is 11.3 Å². The molecule has 3 heterocycles. The van der Waals surface area contributed by atoms with Crippen molar-refractivity contribution >= 4 is 44.9 Å². The van der Waals surface area contributed by atoms with E-state index in [9.17, 15) is 4.79 Å². The number of carbonyl (C=O) groups excluding carboxylic acids is 1. The van der Waals surface area contributed by atoms with Crippen LogP contribution >= 0.6 is 23.1 Å². The summed E-state index contributed by atoms with van der Waals surface area (Å²) in [7, 11) is 0. The molecular formula is C17H12N4OS2. The highest BCUT2D eigenvalue weighted by Gasteiger charge is 2.34. The van der Waals surface area contributed by atoms with Crippen LogP contribution in [-0.4, -0.2) is 27.7 Å². The van der Waals surface area contributed by atoms with Crippen molar-refractivity contribution in [1.82, 2.24) is 9.97 Å². The summed E-state index contributed by atoms with van der Waals surface area (Å²) >= 11 is 3.11. The van der Waals surface area contributed by atoms with E-state index in [1.54, 1.807) is 34.7 Å². The molecule has 4 rings (SSSR count). The number of rotatable bonds is 3. The van der Waals surface area contributed by atoms with Crippen LogP contribution in [-0.2, 0) is 4.79 Å². The van der Waals surface area contributed by atoms with Crippen molar-refractivity contribution in [2.45, 2.75) is 16.7 Å². The third kappa shape index (κ3) is 2.64. The molecule has 1 unspecified atom stereocenters. The Bertz CT molecular complexity index is 945. The van der Waals surface area contributed by atoms with Gasteiger partial charge in [0.2, 0.25) is 5.91 Å². The fraction of sp³-hybridized carbons (Fsp3) is 0.176. The Balaban J connectivity index is 1.55. The third-order valence-corrected chi connectivity index (χ3v) is 6.22. The molecule has 1 aliphatic heterocycles. The molecule has 1 aliphatic rings. The number of amides is 1. The molecule has 3 aromatic rings. The minimum atomic E-state index is -0.138. The molecule has 5 nitrogen and oxygen atoms in total. The summed E-state index contributed by atoms with van der Waals surface area (Å²) < 4.78 is 1.03. The van der Waals surface area contributed by atoms with Crippen molar-refractivity contribution in [3.05, 3.63) is 47.6 Å². The van der Waals surface area contributed by atoms with Crippen LogP contribution in [0.15, 0.2) is 47.1 Å². The Morgan fingerprint density at radius 2 is 2.08 bits per heavy atom. The number of hydrogen-bond acceptors (Lipinski definition) is 6. The summed E-state index contributed by atoms with van der Waals surface area (Å²) in [5.41, 5.74) is 2.36. The molecule has 24 heavy (non-hydrogen) atoms. The van der Waals surface area contributed by atoms with Crippen molar-refractivity contribution in [3.8, 4) is 6.07 Å². The minimum absolute atomic E-state index is 0.0908. The molecule has 1 aromatic carbocycles. The fourth-order valence-electron chi connectivity index (χ4n) is 2.72. The van der Waals surface area contributed by atoms with E-state index < -0.39 is 0 Å². The zero-order chi connectivity index (χ0) is 16.5. The van der Waals surface area contributed by atoms with Crippen molar-refractivity contribution in [1.29, 1.82) is 5.26 Å². The second-order valence-electron chi connectivity index (χ2n) is 5.36. The first-order valence-corrected chi connectivity index (χ1v) is 9.18. The molecule has 2 aromatic heterocycles. The highest BCUT2D eigenvalue weighted by molar-refractivity contribution is 8.00. The molecule has 0 saturated carbocycles. The number of thiophene rings is 1. The lowest BCUT2D eigenvalue weighted by atomic mass is 10.2. The van der Waals surface area contributed by atoms with Crippen LogP contribution in [0.1, 0.15) is 12.0 Å². The molecule has 1 atom stereocenters. The lowest BCUT2D eigenvalue weighted by Gasteiger charge is -2.16. The van der Waals surface area contributed by atoms with Gasteiger partial charge in [0.15, 0.2) is 0 Å². The van der Waals surface area contributed by atoms with Gasteiger partial charge in [-0.2, -0.15) is 5.26 Å². The Morgan fingerprint density at radius 3 is 2.88 bits per heavy atom. The number of nitrogens with zero attached hydrogens (tertiary/aromatic N) is 4. The van der Waals surface area contributed by atoms with Crippen molar-refractivity contribution in [2.75, 3.05) is 11.4 Å². The first-order valence-electron chi connectivity index (χ1n) is 7.42. The Labute approximate surface area is 147 Å².